The molecule has 0 radical (unpaired) electrons. The van der Waals surface area contributed by atoms with E-state index in [0.717, 1.165) is 12.8 Å². The van der Waals surface area contributed by atoms with Gasteiger partial charge in [-0.05, 0) is 169 Å². The van der Waals surface area contributed by atoms with Crippen LogP contribution in [-0.4, -0.2) is 17.8 Å². The minimum absolute atomic E-state index is 0.00495. The van der Waals surface area contributed by atoms with E-state index in [0.29, 0.717) is 0 Å². The van der Waals surface area contributed by atoms with E-state index in [1.54, 1.807) is 0 Å². The van der Waals surface area contributed by atoms with Crippen LogP contribution in [0.25, 0.3) is 40.3 Å². The maximum absolute atomic E-state index is 2.81. The number of aryl methyl sites for hydroxylation is 1. The van der Waals surface area contributed by atoms with E-state index in [-0.39, 0.29) is 34.0 Å². The van der Waals surface area contributed by atoms with E-state index in [2.05, 4.69) is 251 Å². The summed E-state index contributed by atoms with van der Waals surface area (Å²) >= 11 is 3.85. The van der Waals surface area contributed by atoms with Crippen molar-refractivity contribution < 1.29 is 0 Å². The molecule has 4 nitrogen and oxygen atoms in total. The summed E-state index contributed by atoms with van der Waals surface area (Å²) in [6.45, 7) is 19.7. The first kappa shape index (κ1) is 49.3. The third-order valence-electron chi connectivity index (χ3n) is 21.9. The number of rotatable bonds is 4. The average Bonchev–Trinajstić information content (AvgIpc) is 1.51. The van der Waals surface area contributed by atoms with Crippen molar-refractivity contribution in [2.75, 3.05) is 19.6 Å². The number of nitrogens with zero attached hydrogens (tertiary/aromatic N) is 4. The van der Waals surface area contributed by atoms with Gasteiger partial charge in [-0.1, -0.05) is 157 Å². The highest BCUT2D eigenvalue weighted by atomic mass is 32.1. The first-order chi connectivity index (χ1) is 39.7. The second-order valence-electron chi connectivity index (χ2n) is 27.1. The Bertz CT molecular complexity index is 4560. The molecule has 0 bridgehead atoms. The molecule has 2 saturated carbocycles. The van der Waals surface area contributed by atoms with Gasteiger partial charge < -0.3 is 19.6 Å². The number of thiophene rings is 2. The third kappa shape index (κ3) is 6.39. The third-order valence-corrected chi connectivity index (χ3v) is 24.3. The average molecular weight is 1100 g/mol. The van der Waals surface area contributed by atoms with Crippen LogP contribution in [0.4, 0.5) is 56.9 Å². The summed E-state index contributed by atoms with van der Waals surface area (Å²) in [5, 5.41) is 5.29. The van der Waals surface area contributed by atoms with Crippen LogP contribution in [0.3, 0.4) is 0 Å². The van der Waals surface area contributed by atoms with Gasteiger partial charge in [-0.25, -0.2) is 0 Å². The Morgan fingerprint density at radius 1 is 0.415 bits per heavy atom. The highest BCUT2D eigenvalue weighted by molar-refractivity contribution is 7.26. The zero-order chi connectivity index (χ0) is 55.4. The summed E-state index contributed by atoms with van der Waals surface area (Å²) < 4.78 is 5.29. The standard InChI is InChI=1S/C75H69BN4S2/c1-46-40-64-69-65(41-46)78(61-25-19-22-54-52-21-10-14-27-67(52)82-70(54)61)63-44-50(79-59-24-12-11-23-55(59)72(5)36-15-17-38-74(72,79)7)31-34-58(63)76(69)57-33-30-49(43-62(57)77(64)48-29-32-53-51-20-9-13-26-66(51)81-68(53)45-48)80-60-35-28-47(71(2,3)4)42-56(60)73(6)37-16-18-39-75(73,80)8/h9-14,19-35,40-45H,15-18,36-39H2,1-8H3. The quantitative estimate of drug-likeness (QED) is 0.163. The van der Waals surface area contributed by atoms with E-state index >= 15 is 0 Å². The Labute approximate surface area is 491 Å². The lowest BCUT2D eigenvalue weighted by Crippen LogP contribution is -2.61. The minimum atomic E-state index is -0.101. The van der Waals surface area contributed by atoms with Crippen molar-refractivity contribution in [2.24, 2.45) is 0 Å². The molecule has 404 valence electrons. The molecule has 6 aliphatic rings. The molecule has 82 heavy (non-hydrogen) atoms. The molecule has 0 N–H and O–H groups in total. The van der Waals surface area contributed by atoms with Gasteiger partial charge in [0.05, 0.1) is 21.5 Å². The number of fused-ring (bicyclic) bond motifs is 16. The maximum Gasteiger partial charge on any atom is 0.252 e. The van der Waals surface area contributed by atoms with Crippen molar-refractivity contribution in [2.45, 2.75) is 134 Å². The number of hydrogen-bond acceptors (Lipinski definition) is 6. The van der Waals surface area contributed by atoms with Crippen LogP contribution in [0.2, 0.25) is 0 Å². The van der Waals surface area contributed by atoms with E-state index in [1.165, 1.54) is 174 Å². The van der Waals surface area contributed by atoms with E-state index < -0.39 is 0 Å². The zero-order valence-corrected chi connectivity index (χ0v) is 50.2. The Morgan fingerprint density at radius 3 is 1.65 bits per heavy atom. The maximum atomic E-state index is 2.81. The topological polar surface area (TPSA) is 13.0 Å². The fourth-order valence-corrected chi connectivity index (χ4v) is 19.7. The molecule has 2 aromatic heterocycles. The molecule has 0 saturated heterocycles. The van der Waals surface area contributed by atoms with E-state index in [9.17, 15) is 0 Å². The Morgan fingerprint density at radius 2 is 0.951 bits per heavy atom. The lowest BCUT2D eigenvalue weighted by Gasteiger charge is -2.51. The van der Waals surface area contributed by atoms with Crippen molar-refractivity contribution in [3.05, 3.63) is 198 Å². The van der Waals surface area contributed by atoms with Gasteiger partial charge >= 0.3 is 0 Å². The number of anilines is 10. The normalized spacial score (nSPS) is 23.3. The van der Waals surface area contributed by atoms with Crippen LogP contribution in [0.5, 0.6) is 0 Å². The molecule has 4 unspecified atom stereocenters. The van der Waals surface area contributed by atoms with Crippen LogP contribution >= 0.6 is 22.7 Å². The lowest BCUT2D eigenvalue weighted by atomic mass is 9.33. The monoisotopic (exact) mass is 1100 g/mol. The molecule has 0 amide bonds. The predicted octanol–water partition coefficient (Wildman–Crippen LogP) is 19.6. The molecule has 11 aromatic rings. The second kappa shape index (κ2) is 16.9. The molecule has 4 atom stereocenters. The van der Waals surface area contributed by atoms with Crippen LogP contribution in [0.15, 0.2) is 176 Å². The van der Waals surface area contributed by atoms with Crippen LogP contribution in [0, 0.1) is 6.92 Å². The van der Waals surface area contributed by atoms with Gasteiger partial charge in [0.15, 0.2) is 0 Å². The van der Waals surface area contributed by atoms with Crippen LogP contribution < -0.4 is 36.0 Å². The summed E-state index contributed by atoms with van der Waals surface area (Å²) in [5.41, 5.74) is 22.5. The van der Waals surface area contributed by atoms with Gasteiger partial charge in [-0.15, -0.1) is 22.7 Å². The summed E-state index contributed by atoms with van der Waals surface area (Å²) in [6.07, 6.45) is 9.70. The minimum Gasteiger partial charge on any atom is -0.334 e. The summed E-state index contributed by atoms with van der Waals surface area (Å²) in [7, 11) is 0. The van der Waals surface area contributed by atoms with Crippen molar-refractivity contribution in [1.82, 2.24) is 0 Å². The fourth-order valence-electron chi connectivity index (χ4n) is 17.4. The summed E-state index contributed by atoms with van der Waals surface area (Å²) in [6, 6.07) is 69.6. The first-order valence-electron chi connectivity index (χ1n) is 30.4. The smallest absolute Gasteiger partial charge is 0.252 e. The number of para-hydroxylation sites is 1. The number of hydrogen-bond donors (Lipinski definition) is 0. The van der Waals surface area contributed by atoms with Gasteiger partial charge in [0.25, 0.3) is 6.71 Å². The SMILES string of the molecule is Cc1cc2c3c(c1)N(c1cccc4c1sc1ccccc14)c1cc(N4c5ccccc5C5(C)CCCCC45C)ccc1B3c1ccc(N3c4ccc(C(C)(C)C)cc4C4(C)CCCCC34C)cc1N2c1ccc2c(c1)sc1ccccc12. The van der Waals surface area contributed by atoms with Gasteiger partial charge in [0, 0.05) is 97.7 Å². The zero-order valence-electron chi connectivity index (χ0n) is 48.6. The second-order valence-corrected chi connectivity index (χ2v) is 29.3. The Kier molecular flexibility index (Phi) is 10.2. The highest BCUT2D eigenvalue weighted by Crippen LogP contribution is 2.64. The molecular weight excluding hydrogens is 1030 g/mol. The molecule has 0 spiro atoms. The van der Waals surface area contributed by atoms with Gasteiger partial charge in [0.2, 0.25) is 0 Å². The van der Waals surface area contributed by atoms with E-state index in [1.807, 2.05) is 22.7 Å². The van der Waals surface area contributed by atoms with Gasteiger partial charge in [-0.2, -0.15) is 0 Å². The molecule has 7 heteroatoms. The largest absolute Gasteiger partial charge is 0.334 e. The lowest BCUT2D eigenvalue weighted by molar-refractivity contribution is 0.195. The Balaban J connectivity index is 0.942. The molecular formula is C75H69BN4S2. The number of benzene rings is 9. The van der Waals surface area contributed by atoms with Crippen LogP contribution in [-0.2, 0) is 16.2 Å². The van der Waals surface area contributed by atoms with Crippen molar-refractivity contribution in [3.63, 3.8) is 0 Å². The Hall–Kier alpha value is -7.32. The molecule has 2 aliphatic carbocycles. The molecule has 9 aromatic carbocycles. The van der Waals surface area contributed by atoms with Crippen molar-refractivity contribution in [3.8, 4) is 0 Å². The first-order valence-corrected chi connectivity index (χ1v) is 32.0. The molecule has 2 fully saturated rings. The molecule has 6 heterocycles. The van der Waals surface area contributed by atoms with Crippen molar-refractivity contribution in [1.29, 1.82) is 0 Å². The fraction of sp³-hybridized carbons (Fsp3) is 0.280. The summed E-state index contributed by atoms with van der Waals surface area (Å²) in [4.78, 5) is 11.0. The van der Waals surface area contributed by atoms with Crippen LogP contribution in [0.1, 0.15) is 122 Å². The summed E-state index contributed by atoms with van der Waals surface area (Å²) in [5.74, 6) is 0. The van der Waals surface area contributed by atoms with Gasteiger partial charge in [0.1, 0.15) is 0 Å². The predicted molar refractivity (Wildman–Crippen MR) is 355 cm³/mol. The molecule has 4 aliphatic heterocycles. The van der Waals surface area contributed by atoms with Crippen molar-refractivity contribution >= 4 is 143 Å². The van der Waals surface area contributed by atoms with E-state index in [4.69, 9.17) is 0 Å². The van der Waals surface area contributed by atoms with Gasteiger partial charge in [-0.3, -0.25) is 0 Å². The highest BCUT2D eigenvalue weighted by Gasteiger charge is 2.59. The molecule has 17 rings (SSSR count).